The molecule has 0 aromatic carbocycles. The smallest absolute Gasteiger partial charge is 0.0991 e. The lowest BCUT2D eigenvalue weighted by molar-refractivity contribution is 1.09. The van der Waals surface area contributed by atoms with Crippen LogP contribution in [0.5, 0.6) is 0 Å². The van der Waals surface area contributed by atoms with E-state index in [1.165, 1.54) is 0 Å². The van der Waals surface area contributed by atoms with E-state index in [4.69, 9.17) is 0 Å². The molecule has 0 N–H and O–H groups in total. The van der Waals surface area contributed by atoms with Crippen LogP contribution in [0, 0.1) is 0 Å². The predicted molar refractivity (Wildman–Crippen MR) is 50.9 cm³/mol. The van der Waals surface area contributed by atoms with Crippen molar-refractivity contribution in [1.82, 2.24) is 14.5 Å². The molecule has 3 nitrogen and oxygen atoms in total. The number of hydrogen-bond acceptors (Lipinski definition) is 2. The van der Waals surface area contributed by atoms with Gasteiger partial charge in [-0.05, 0) is 12.1 Å². The average Bonchev–Trinajstić information content (AvgIpc) is 2.71. The minimum Gasteiger partial charge on any atom is -0.306 e. The standard InChI is InChI=1S/C10H9N3/c1-9(13-6-5-12-8-13)10-3-2-4-11-7-10/h2-8H,1H2. The SMILES string of the molecule is C=C(c1cccnc1)n1ccnc1. The minimum atomic E-state index is 0.880. The Kier molecular flexibility index (Phi) is 1.92. The number of pyridine rings is 1. The first-order valence-electron chi connectivity index (χ1n) is 3.95. The monoisotopic (exact) mass is 171 g/mol. The number of aromatic nitrogens is 3. The Morgan fingerprint density at radius 1 is 1.31 bits per heavy atom. The maximum Gasteiger partial charge on any atom is 0.0991 e. The topological polar surface area (TPSA) is 30.7 Å². The van der Waals surface area contributed by atoms with E-state index in [2.05, 4.69) is 16.5 Å². The molecule has 0 atom stereocenters. The number of rotatable bonds is 2. The molecule has 0 aliphatic rings. The van der Waals surface area contributed by atoms with Gasteiger partial charge < -0.3 is 4.57 Å². The molecule has 0 saturated heterocycles. The lowest BCUT2D eigenvalue weighted by atomic mass is 10.2. The Hall–Kier alpha value is -1.90. The molecule has 3 heteroatoms. The predicted octanol–water partition coefficient (Wildman–Crippen LogP) is 1.80. The second-order valence-corrected chi connectivity index (χ2v) is 2.66. The first-order chi connectivity index (χ1) is 6.38. The van der Waals surface area contributed by atoms with E-state index < -0.39 is 0 Å². The lowest BCUT2D eigenvalue weighted by Crippen LogP contribution is -1.94. The van der Waals surface area contributed by atoms with Crippen LogP contribution in [0.1, 0.15) is 5.56 Å². The van der Waals surface area contributed by atoms with E-state index in [1.807, 2.05) is 22.9 Å². The summed E-state index contributed by atoms with van der Waals surface area (Å²) in [4.78, 5) is 7.97. The van der Waals surface area contributed by atoms with E-state index in [1.54, 1.807) is 24.9 Å². The van der Waals surface area contributed by atoms with Gasteiger partial charge in [-0.25, -0.2) is 4.98 Å². The Labute approximate surface area is 76.4 Å². The molecule has 2 rings (SSSR count). The Bertz CT molecular complexity index is 389. The van der Waals surface area contributed by atoms with Crippen molar-refractivity contribution in [2.24, 2.45) is 0 Å². The molecule has 0 amide bonds. The van der Waals surface area contributed by atoms with Gasteiger partial charge in [-0.2, -0.15) is 0 Å². The molecule has 2 heterocycles. The molecule has 0 spiro atoms. The van der Waals surface area contributed by atoms with Crippen molar-refractivity contribution in [2.75, 3.05) is 0 Å². The van der Waals surface area contributed by atoms with Gasteiger partial charge in [-0.15, -0.1) is 0 Å². The fraction of sp³-hybridized carbons (Fsp3) is 0. The number of nitrogens with zero attached hydrogens (tertiary/aromatic N) is 3. The fourth-order valence-corrected chi connectivity index (χ4v) is 1.10. The quantitative estimate of drug-likeness (QED) is 0.689. The van der Waals surface area contributed by atoms with E-state index in [-0.39, 0.29) is 0 Å². The first-order valence-corrected chi connectivity index (χ1v) is 3.95. The third-order valence-corrected chi connectivity index (χ3v) is 1.81. The van der Waals surface area contributed by atoms with E-state index in [0.717, 1.165) is 11.3 Å². The van der Waals surface area contributed by atoms with Gasteiger partial charge in [0, 0.05) is 36.0 Å². The molecule has 0 aliphatic heterocycles. The summed E-state index contributed by atoms with van der Waals surface area (Å²) in [5.41, 5.74) is 1.88. The van der Waals surface area contributed by atoms with Gasteiger partial charge in [0.15, 0.2) is 0 Å². The van der Waals surface area contributed by atoms with Crippen LogP contribution in [-0.2, 0) is 0 Å². The number of hydrogen-bond donors (Lipinski definition) is 0. The summed E-state index contributed by atoms with van der Waals surface area (Å²) in [6.07, 6.45) is 8.82. The van der Waals surface area contributed by atoms with Crippen LogP contribution in [0.25, 0.3) is 5.70 Å². The third kappa shape index (κ3) is 1.49. The average molecular weight is 171 g/mol. The molecular weight excluding hydrogens is 162 g/mol. The molecule has 0 aliphatic carbocycles. The molecule has 0 unspecified atom stereocenters. The highest BCUT2D eigenvalue weighted by atomic mass is 15.0. The summed E-state index contributed by atoms with van der Waals surface area (Å²) < 4.78 is 1.86. The lowest BCUT2D eigenvalue weighted by Gasteiger charge is -2.04. The molecule has 0 radical (unpaired) electrons. The van der Waals surface area contributed by atoms with E-state index in [0.29, 0.717) is 0 Å². The van der Waals surface area contributed by atoms with Crippen LogP contribution in [0.15, 0.2) is 49.8 Å². The zero-order valence-corrected chi connectivity index (χ0v) is 7.09. The van der Waals surface area contributed by atoms with Gasteiger partial charge in [0.25, 0.3) is 0 Å². The van der Waals surface area contributed by atoms with Crippen molar-refractivity contribution in [2.45, 2.75) is 0 Å². The van der Waals surface area contributed by atoms with Gasteiger partial charge >= 0.3 is 0 Å². The minimum absolute atomic E-state index is 0.880. The van der Waals surface area contributed by atoms with Crippen molar-refractivity contribution >= 4 is 5.70 Å². The Morgan fingerprint density at radius 2 is 2.23 bits per heavy atom. The van der Waals surface area contributed by atoms with Gasteiger partial charge in [-0.3, -0.25) is 4.98 Å². The first kappa shape index (κ1) is 7.73. The maximum absolute atomic E-state index is 4.02. The van der Waals surface area contributed by atoms with Gasteiger partial charge in [0.1, 0.15) is 0 Å². The normalized spacial score (nSPS) is 9.85. The Morgan fingerprint density at radius 3 is 2.85 bits per heavy atom. The summed E-state index contributed by atoms with van der Waals surface area (Å²) in [6, 6.07) is 3.85. The van der Waals surface area contributed by atoms with Crippen molar-refractivity contribution in [3.05, 3.63) is 55.4 Å². The molecular formula is C10H9N3. The van der Waals surface area contributed by atoms with Crippen molar-refractivity contribution in [3.63, 3.8) is 0 Å². The molecule has 0 bridgehead atoms. The zero-order chi connectivity index (χ0) is 9.10. The maximum atomic E-state index is 4.02. The molecule has 64 valence electrons. The Balaban J connectivity index is 2.34. The molecule has 0 fully saturated rings. The highest BCUT2D eigenvalue weighted by molar-refractivity contribution is 5.62. The number of imidazole rings is 1. The summed E-state index contributed by atoms with van der Waals surface area (Å²) in [5.74, 6) is 0. The molecule has 13 heavy (non-hydrogen) atoms. The third-order valence-electron chi connectivity index (χ3n) is 1.81. The van der Waals surface area contributed by atoms with Crippen molar-refractivity contribution < 1.29 is 0 Å². The fourth-order valence-electron chi connectivity index (χ4n) is 1.10. The highest BCUT2D eigenvalue weighted by Gasteiger charge is 1.98. The van der Waals surface area contributed by atoms with Crippen molar-refractivity contribution in [1.29, 1.82) is 0 Å². The van der Waals surface area contributed by atoms with Gasteiger partial charge in [-0.1, -0.05) is 6.58 Å². The largest absolute Gasteiger partial charge is 0.306 e. The second kappa shape index (κ2) is 3.23. The van der Waals surface area contributed by atoms with Crippen LogP contribution in [0.2, 0.25) is 0 Å². The zero-order valence-electron chi connectivity index (χ0n) is 7.09. The van der Waals surface area contributed by atoms with E-state index in [9.17, 15) is 0 Å². The van der Waals surface area contributed by atoms with Crippen LogP contribution in [-0.4, -0.2) is 14.5 Å². The summed E-state index contributed by atoms with van der Waals surface area (Å²) >= 11 is 0. The van der Waals surface area contributed by atoms with Gasteiger partial charge in [0.05, 0.1) is 6.33 Å². The summed E-state index contributed by atoms with van der Waals surface area (Å²) in [5, 5.41) is 0. The second-order valence-electron chi connectivity index (χ2n) is 2.66. The van der Waals surface area contributed by atoms with E-state index >= 15 is 0 Å². The van der Waals surface area contributed by atoms with Crippen LogP contribution >= 0.6 is 0 Å². The molecule has 0 saturated carbocycles. The summed E-state index contributed by atoms with van der Waals surface area (Å²) in [6.45, 7) is 3.95. The van der Waals surface area contributed by atoms with Crippen molar-refractivity contribution in [3.8, 4) is 0 Å². The van der Waals surface area contributed by atoms with Crippen LogP contribution < -0.4 is 0 Å². The van der Waals surface area contributed by atoms with Crippen LogP contribution in [0.4, 0.5) is 0 Å². The van der Waals surface area contributed by atoms with Gasteiger partial charge in [0.2, 0.25) is 0 Å². The summed E-state index contributed by atoms with van der Waals surface area (Å²) in [7, 11) is 0. The molecule has 2 aromatic heterocycles. The highest BCUT2D eigenvalue weighted by Crippen LogP contribution is 2.11. The van der Waals surface area contributed by atoms with Crippen LogP contribution in [0.3, 0.4) is 0 Å². The molecule has 2 aromatic rings.